The molecule has 0 aliphatic rings. The SMILES string of the molecule is Nc1nc(COc2ccc(Cl)cc2)nc(Nc2ccccc2)n1. The number of nitrogens with one attached hydrogen (secondary N) is 1. The summed E-state index contributed by atoms with van der Waals surface area (Å²) in [6, 6.07) is 16.6. The number of rotatable bonds is 5. The molecule has 0 radical (unpaired) electrons. The lowest BCUT2D eigenvalue weighted by Crippen LogP contribution is -2.09. The van der Waals surface area contributed by atoms with Crippen LogP contribution in [-0.4, -0.2) is 15.0 Å². The third kappa shape index (κ3) is 4.31. The topological polar surface area (TPSA) is 86.0 Å². The van der Waals surface area contributed by atoms with Crippen LogP contribution >= 0.6 is 11.6 Å². The second kappa shape index (κ2) is 6.93. The average Bonchev–Trinajstić information content (AvgIpc) is 2.55. The normalized spacial score (nSPS) is 10.3. The molecule has 3 aromatic rings. The average molecular weight is 328 g/mol. The maximum Gasteiger partial charge on any atom is 0.232 e. The van der Waals surface area contributed by atoms with Crippen molar-refractivity contribution >= 4 is 29.2 Å². The molecule has 6 nitrogen and oxygen atoms in total. The van der Waals surface area contributed by atoms with E-state index in [0.29, 0.717) is 22.5 Å². The maximum absolute atomic E-state index is 5.83. The lowest BCUT2D eigenvalue weighted by atomic mass is 10.3. The quantitative estimate of drug-likeness (QED) is 0.746. The molecule has 3 rings (SSSR count). The molecule has 0 unspecified atom stereocenters. The van der Waals surface area contributed by atoms with Crippen molar-refractivity contribution < 1.29 is 4.74 Å². The minimum Gasteiger partial charge on any atom is -0.486 e. The molecule has 2 aromatic carbocycles. The van der Waals surface area contributed by atoms with E-state index in [9.17, 15) is 0 Å². The van der Waals surface area contributed by atoms with Crippen LogP contribution in [0.15, 0.2) is 54.6 Å². The Bertz CT molecular complexity index is 780. The van der Waals surface area contributed by atoms with Gasteiger partial charge in [-0.05, 0) is 36.4 Å². The first-order valence-electron chi connectivity index (χ1n) is 6.90. The zero-order valence-electron chi connectivity index (χ0n) is 12.1. The van der Waals surface area contributed by atoms with Gasteiger partial charge in [-0.2, -0.15) is 15.0 Å². The molecule has 1 heterocycles. The molecule has 0 spiro atoms. The fourth-order valence-corrected chi connectivity index (χ4v) is 2.01. The minimum atomic E-state index is 0.133. The molecule has 0 saturated carbocycles. The fourth-order valence-electron chi connectivity index (χ4n) is 1.89. The van der Waals surface area contributed by atoms with Crippen molar-refractivity contribution in [2.45, 2.75) is 6.61 Å². The molecular formula is C16H14ClN5O. The van der Waals surface area contributed by atoms with Crippen LogP contribution in [-0.2, 0) is 6.61 Å². The Kier molecular flexibility index (Phi) is 4.54. The number of aromatic nitrogens is 3. The van der Waals surface area contributed by atoms with E-state index in [-0.39, 0.29) is 12.6 Å². The maximum atomic E-state index is 5.83. The largest absolute Gasteiger partial charge is 0.486 e. The Morgan fingerprint density at radius 1 is 0.957 bits per heavy atom. The third-order valence-corrected chi connectivity index (χ3v) is 3.16. The summed E-state index contributed by atoms with van der Waals surface area (Å²) in [7, 11) is 0. The Morgan fingerprint density at radius 3 is 2.43 bits per heavy atom. The number of para-hydroxylation sites is 1. The Balaban J connectivity index is 1.71. The van der Waals surface area contributed by atoms with Crippen molar-refractivity contribution in [3.63, 3.8) is 0 Å². The number of halogens is 1. The molecule has 0 bridgehead atoms. The van der Waals surface area contributed by atoms with Crippen molar-refractivity contribution in [1.29, 1.82) is 0 Å². The van der Waals surface area contributed by atoms with Crippen molar-refractivity contribution in [1.82, 2.24) is 15.0 Å². The Hall–Kier alpha value is -2.86. The zero-order chi connectivity index (χ0) is 16.1. The van der Waals surface area contributed by atoms with E-state index in [1.807, 2.05) is 30.3 Å². The summed E-state index contributed by atoms with van der Waals surface area (Å²) in [5, 5.41) is 3.72. The summed E-state index contributed by atoms with van der Waals surface area (Å²) in [6.45, 7) is 0.178. The Morgan fingerprint density at radius 2 is 1.70 bits per heavy atom. The molecule has 1 aromatic heterocycles. The van der Waals surface area contributed by atoms with E-state index < -0.39 is 0 Å². The van der Waals surface area contributed by atoms with Crippen molar-refractivity contribution in [3.05, 3.63) is 65.4 Å². The second-order valence-electron chi connectivity index (χ2n) is 4.67. The van der Waals surface area contributed by atoms with Gasteiger partial charge >= 0.3 is 0 Å². The van der Waals surface area contributed by atoms with Crippen LogP contribution in [0, 0.1) is 0 Å². The molecule has 23 heavy (non-hydrogen) atoms. The van der Waals surface area contributed by atoms with Gasteiger partial charge in [0.1, 0.15) is 12.4 Å². The van der Waals surface area contributed by atoms with Gasteiger partial charge in [-0.1, -0.05) is 29.8 Å². The smallest absolute Gasteiger partial charge is 0.232 e. The van der Waals surface area contributed by atoms with Crippen LogP contribution in [0.4, 0.5) is 17.6 Å². The van der Waals surface area contributed by atoms with Crippen LogP contribution in [0.5, 0.6) is 5.75 Å². The van der Waals surface area contributed by atoms with E-state index in [0.717, 1.165) is 5.69 Å². The first-order chi connectivity index (χ1) is 11.2. The number of nitrogens with two attached hydrogens (primary N) is 1. The van der Waals surface area contributed by atoms with E-state index in [1.165, 1.54) is 0 Å². The molecule has 7 heteroatoms. The zero-order valence-corrected chi connectivity index (χ0v) is 12.9. The highest BCUT2D eigenvalue weighted by Crippen LogP contribution is 2.17. The van der Waals surface area contributed by atoms with E-state index in [1.54, 1.807) is 24.3 Å². The second-order valence-corrected chi connectivity index (χ2v) is 5.10. The summed E-state index contributed by atoms with van der Waals surface area (Å²) in [6.07, 6.45) is 0. The summed E-state index contributed by atoms with van der Waals surface area (Å²) in [5.41, 5.74) is 6.59. The van der Waals surface area contributed by atoms with E-state index >= 15 is 0 Å². The van der Waals surface area contributed by atoms with Crippen molar-refractivity contribution in [2.75, 3.05) is 11.1 Å². The predicted molar refractivity (Wildman–Crippen MR) is 89.7 cm³/mol. The van der Waals surface area contributed by atoms with Crippen LogP contribution in [0.1, 0.15) is 5.82 Å². The van der Waals surface area contributed by atoms with Gasteiger partial charge in [0.05, 0.1) is 0 Å². The molecule has 0 atom stereocenters. The summed E-state index contributed by atoms with van der Waals surface area (Å²) in [5.74, 6) is 1.61. The van der Waals surface area contributed by atoms with Crippen LogP contribution < -0.4 is 15.8 Å². The lowest BCUT2D eigenvalue weighted by Gasteiger charge is -2.08. The molecule has 0 saturated heterocycles. The van der Waals surface area contributed by atoms with Gasteiger partial charge in [0.2, 0.25) is 11.9 Å². The van der Waals surface area contributed by atoms with Gasteiger partial charge in [-0.15, -0.1) is 0 Å². The van der Waals surface area contributed by atoms with E-state index in [4.69, 9.17) is 22.1 Å². The number of ether oxygens (including phenoxy) is 1. The molecule has 0 amide bonds. The predicted octanol–water partition coefficient (Wildman–Crippen LogP) is 3.43. The van der Waals surface area contributed by atoms with Gasteiger partial charge in [0.15, 0.2) is 5.82 Å². The highest BCUT2D eigenvalue weighted by Gasteiger charge is 2.06. The number of hydrogen-bond acceptors (Lipinski definition) is 6. The number of hydrogen-bond donors (Lipinski definition) is 2. The van der Waals surface area contributed by atoms with Gasteiger partial charge in [0, 0.05) is 10.7 Å². The Labute approximate surface area is 138 Å². The molecular weight excluding hydrogens is 314 g/mol. The number of benzene rings is 2. The third-order valence-electron chi connectivity index (χ3n) is 2.91. The first-order valence-corrected chi connectivity index (χ1v) is 7.28. The van der Waals surface area contributed by atoms with Gasteiger partial charge in [-0.3, -0.25) is 0 Å². The lowest BCUT2D eigenvalue weighted by molar-refractivity contribution is 0.296. The van der Waals surface area contributed by atoms with Gasteiger partial charge < -0.3 is 15.8 Å². The first kappa shape index (κ1) is 15.1. The number of nitrogen functional groups attached to an aromatic ring is 1. The molecule has 0 aliphatic carbocycles. The number of anilines is 3. The summed E-state index contributed by atoms with van der Waals surface area (Å²) < 4.78 is 5.61. The molecule has 0 aliphatic heterocycles. The van der Waals surface area contributed by atoms with E-state index in [2.05, 4.69) is 20.3 Å². The van der Waals surface area contributed by atoms with Gasteiger partial charge in [0.25, 0.3) is 0 Å². The summed E-state index contributed by atoms with van der Waals surface area (Å²) in [4.78, 5) is 12.4. The monoisotopic (exact) mass is 327 g/mol. The molecule has 3 N–H and O–H groups in total. The van der Waals surface area contributed by atoms with Crippen LogP contribution in [0.2, 0.25) is 5.02 Å². The number of nitrogens with zero attached hydrogens (tertiary/aromatic N) is 3. The van der Waals surface area contributed by atoms with Crippen LogP contribution in [0.25, 0.3) is 0 Å². The fraction of sp³-hybridized carbons (Fsp3) is 0.0625. The minimum absolute atomic E-state index is 0.133. The highest BCUT2D eigenvalue weighted by atomic mass is 35.5. The van der Waals surface area contributed by atoms with Crippen LogP contribution in [0.3, 0.4) is 0 Å². The molecule has 0 fully saturated rings. The highest BCUT2D eigenvalue weighted by molar-refractivity contribution is 6.30. The standard InChI is InChI=1S/C16H14ClN5O/c17-11-6-8-13(9-7-11)23-10-14-20-15(18)22-16(21-14)19-12-4-2-1-3-5-12/h1-9H,10H2,(H3,18,19,20,21,22). The van der Waals surface area contributed by atoms with Crippen molar-refractivity contribution in [2.24, 2.45) is 0 Å². The molecule has 116 valence electrons. The summed E-state index contributed by atoms with van der Waals surface area (Å²) >= 11 is 5.83. The van der Waals surface area contributed by atoms with Gasteiger partial charge in [-0.25, -0.2) is 0 Å². The van der Waals surface area contributed by atoms with Crippen molar-refractivity contribution in [3.8, 4) is 5.75 Å².